The zero-order valence-corrected chi connectivity index (χ0v) is 17.2. The Morgan fingerprint density at radius 3 is 2.57 bits per heavy atom. The maximum atomic E-state index is 6.12. The highest BCUT2D eigenvalue weighted by atomic mass is 35.5. The third kappa shape index (κ3) is 3.64. The molecule has 3 aromatic heterocycles. The van der Waals surface area contributed by atoms with Crippen molar-refractivity contribution in [3.05, 3.63) is 57.1 Å². The number of thiophene rings is 1. The summed E-state index contributed by atoms with van der Waals surface area (Å²) in [7, 11) is 0. The molecule has 0 aliphatic carbocycles. The predicted molar refractivity (Wildman–Crippen MR) is 114 cm³/mol. The number of anilines is 1. The molecule has 0 radical (unpaired) electrons. The maximum Gasteiger partial charge on any atom is 0.161 e. The van der Waals surface area contributed by atoms with Gasteiger partial charge in [-0.05, 0) is 37.1 Å². The number of halogens is 1. The van der Waals surface area contributed by atoms with E-state index >= 15 is 0 Å². The van der Waals surface area contributed by atoms with Gasteiger partial charge in [0.15, 0.2) is 5.82 Å². The van der Waals surface area contributed by atoms with Crippen molar-refractivity contribution in [2.24, 2.45) is 0 Å². The van der Waals surface area contributed by atoms with Crippen LogP contribution in [0.4, 0.5) is 5.82 Å². The molecule has 5 nitrogen and oxygen atoms in total. The van der Waals surface area contributed by atoms with Crippen LogP contribution in [0.15, 0.2) is 36.7 Å². The monoisotopic (exact) mass is 411 g/mol. The van der Waals surface area contributed by atoms with Gasteiger partial charge in [0.1, 0.15) is 5.82 Å². The van der Waals surface area contributed by atoms with Gasteiger partial charge >= 0.3 is 0 Å². The van der Waals surface area contributed by atoms with Crippen LogP contribution < -0.4 is 4.90 Å². The van der Waals surface area contributed by atoms with E-state index in [-0.39, 0.29) is 0 Å². The molecule has 7 heteroatoms. The van der Waals surface area contributed by atoms with Gasteiger partial charge in [0.25, 0.3) is 0 Å². The molecule has 28 heavy (non-hydrogen) atoms. The normalized spacial score (nSPS) is 17.1. The van der Waals surface area contributed by atoms with Gasteiger partial charge in [0.2, 0.25) is 0 Å². The topological polar surface area (TPSA) is 45.2 Å². The first-order valence-electron chi connectivity index (χ1n) is 9.78. The van der Waals surface area contributed by atoms with E-state index in [1.165, 1.54) is 29.0 Å². The highest BCUT2D eigenvalue weighted by Crippen LogP contribution is 2.32. The maximum absolute atomic E-state index is 6.12. The SMILES string of the molecule is Clc1ccc(CN2CCc3nc(-c4ccncc4)nc(N4CCCC4)c3C2)s1. The van der Waals surface area contributed by atoms with Gasteiger partial charge in [-0.1, -0.05) is 11.6 Å². The summed E-state index contributed by atoms with van der Waals surface area (Å²) >= 11 is 7.78. The second-order valence-corrected chi connectivity index (χ2v) is 9.19. The lowest BCUT2D eigenvalue weighted by atomic mass is 10.0. The summed E-state index contributed by atoms with van der Waals surface area (Å²) in [4.78, 5) is 20.3. The summed E-state index contributed by atoms with van der Waals surface area (Å²) < 4.78 is 0.857. The van der Waals surface area contributed by atoms with Crippen molar-refractivity contribution in [3.63, 3.8) is 0 Å². The Morgan fingerprint density at radius 1 is 1.00 bits per heavy atom. The quantitative estimate of drug-likeness (QED) is 0.636. The molecule has 0 aromatic carbocycles. The van der Waals surface area contributed by atoms with Gasteiger partial charge in [-0.3, -0.25) is 9.88 Å². The first kappa shape index (κ1) is 18.0. The minimum Gasteiger partial charge on any atom is -0.356 e. The molecule has 0 spiro atoms. The fourth-order valence-electron chi connectivity index (χ4n) is 4.07. The van der Waals surface area contributed by atoms with E-state index in [0.29, 0.717) is 0 Å². The van der Waals surface area contributed by atoms with Crippen LogP contribution in [0.5, 0.6) is 0 Å². The van der Waals surface area contributed by atoms with Crippen molar-refractivity contribution < 1.29 is 0 Å². The van der Waals surface area contributed by atoms with Crippen LogP contribution in [-0.2, 0) is 19.5 Å². The second-order valence-electron chi connectivity index (χ2n) is 7.39. The van der Waals surface area contributed by atoms with Crippen molar-refractivity contribution in [1.82, 2.24) is 19.9 Å². The minimum absolute atomic E-state index is 0.821. The molecule has 1 fully saturated rings. The number of pyridine rings is 1. The zero-order valence-electron chi connectivity index (χ0n) is 15.6. The molecule has 2 aliphatic rings. The molecule has 0 N–H and O–H groups in total. The largest absolute Gasteiger partial charge is 0.356 e. The number of rotatable bonds is 4. The molecule has 2 aliphatic heterocycles. The number of hydrogen-bond acceptors (Lipinski definition) is 6. The van der Waals surface area contributed by atoms with Crippen LogP contribution in [0.3, 0.4) is 0 Å². The summed E-state index contributed by atoms with van der Waals surface area (Å²) in [5.74, 6) is 1.95. The smallest absolute Gasteiger partial charge is 0.161 e. The van der Waals surface area contributed by atoms with Gasteiger partial charge in [-0.15, -0.1) is 11.3 Å². The van der Waals surface area contributed by atoms with E-state index in [0.717, 1.165) is 60.7 Å². The summed E-state index contributed by atoms with van der Waals surface area (Å²) in [6.45, 7) is 5.00. The molecule has 0 saturated carbocycles. The minimum atomic E-state index is 0.821. The van der Waals surface area contributed by atoms with Crippen molar-refractivity contribution in [2.75, 3.05) is 24.5 Å². The van der Waals surface area contributed by atoms with Crippen LogP contribution in [-0.4, -0.2) is 39.5 Å². The van der Waals surface area contributed by atoms with Crippen molar-refractivity contribution in [3.8, 4) is 11.4 Å². The average Bonchev–Trinajstić information content (AvgIpc) is 3.40. The van der Waals surface area contributed by atoms with Crippen LogP contribution in [0, 0.1) is 0 Å². The van der Waals surface area contributed by atoms with E-state index in [1.54, 1.807) is 11.3 Å². The number of nitrogens with zero attached hydrogens (tertiary/aromatic N) is 5. The van der Waals surface area contributed by atoms with Crippen LogP contribution in [0.2, 0.25) is 4.34 Å². The van der Waals surface area contributed by atoms with E-state index < -0.39 is 0 Å². The summed E-state index contributed by atoms with van der Waals surface area (Å²) in [6, 6.07) is 8.10. The Labute approximate surface area is 174 Å². The fraction of sp³-hybridized carbons (Fsp3) is 0.381. The Kier molecular flexibility index (Phi) is 5.01. The predicted octanol–water partition coefficient (Wildman–Crippen LogP) is 4.41. The van der Waals surface area contributed by atoms with Gasteiger partial charge in [-0.2, -0.15) is 0 Å². The van der Waals surface area contributed by atoms with Gasteiger partial charge < -0.3 is 4.90 Å². The average molecular weight is 412 g/mol. The van der Waals surface area contributed by atoms with Crippen LogP contribution in [0.25, 0.3) is 11.4 Å². The summed E-state index contributed by atoms with van der Waals surface area (Å²) in [5.41, 5.74) is 3.53. The lowest BCUT2D eigenvalue weighted by Crippen LogP contribution is -2.33. The highest BCUT2D eigenvalue weighted by Gasteiger charge is 2.27. The molecule has 0 bridgehead atoms. The molecule has 0 amide bonds. The van der Waals surface area contributed by atoms with Gasteiger partial charge in [0.05, 0.1) is 10.0 Å². The highest BCUT2D eigenvalue weighted by molar-refractivity contribution is 7.16. The molecule has 3 aromatic rings. The van der Waals surface area contributed by atoms with E-state index in [4.69, 9.17) is 21.6 Å². The molecule has 5 rings (SSSR count). The Balaban J connectivity index is 1.49. The number of fused-ring (bicyclic) bond motifs is 1. The van der Waals surface area contributed by atoms with Crippen LogP contribution in [0.1, 0.15) is 29.0 Å². The molecular weight excluding hydrogens is 390 g/mol. The molecule has 5 heterocycles. The lowest BCUT2D eigenvalue weighted by Gasteiger charge is -2.31. The number of hydrogen-bond donors (Lipinski definition) is 0. The Bertz CT molecular complexity index is 968. The van der Waals surface area contributed by atoms with E-state index in [2.05, 4.69) is 20.9 Å². The first-order valence-corrected chi connectivity index (χ1v) is 11.0. The van der Waals surface area contributed by atoms with Crippen molar-refractivity contribution in [2.45, 2.75) is 32.4 Å². The van der Waals surface area contributed by atoms with Crippen molar-refractivity contribution >= 4 is 28.8 Å². The molecular formula is C21H22ClN5S. The summed E-state index contributed by atoms with van der Waals surface area (Å²) in [6.07, 6.45) is 7.04. The molecule has 1 saturated heterocycles. The van der Waals surface area contributed by atoms with E-state index in [9.17, 15) is 0 Å². The summed E-state index contributed by atoms with van der Waals surface area (Å²) in [5, 5.41) is 0. The lowest BCUT2D eigenvalue weighted by molar-refractivity contribution is 0.245. The second kappa shape index (κ2) is 7.78. The third-order valence-electron chi connectivity index (χ3n) is 5.47. The van der Waals surface area contributed by atoms with Crippen molar-refractivity contribution in [1.29, 1.82) is 0 Å². The zero-order chi connectivity index (χ0) is 18.9. The third-order valence-corrected chi connectivity index (χ3v) is 6.69. The first-order chi connectivity index (χ1) is 13.8. The van der Waals surface area contributed by atoms with Gasteiger partial charge in [0, 0.05) is 67.5 Å². The molecule has 0 atom stereocenters. The molecule has 0 unspecified atom stereocenters. The van der Waals surface area contributed by atoms with Gasteiger partial charge in [-0.25, -0.2) is 9.97 Å². The standard InChI is InChI=1S/C21H22ClN5S/c22-19-4-3-16(28-19)13-26-12-7-18-17(14-26)21(27-10-1-2-11-27)25-20(24-18)15-5-8-23-9-6-15/h3-6,8-9H,1-2,7,10-14H2. The van der Waals surface area contributed by atoms with E-state index in [1.807, 2.05) is 30.6 Å². The fourth-order valence-corrected chi connectivity index (χ4v) is 5.20. The molecule has 144 valence electrons. The Hall–Kier alpha value is -2.02. The Morgan fingerprint density at radius 2 is 1.82 bits per heavy atom. The number of aromatic nitrogens is 3. The van der Waals surface area contributed by atoms with Crippen LogP contribution >= 0.6 is 22.9 Å².